The molecule has 0 spiro atoms. The number of amides is 1. The lowest BCUT2D eigenvalue weighted by Gasteiger charge is -2.30. The number of rotatable bonds is 3. The predicted octanol–water partition coefficient (Wildman–Crippen LogP) is 2.75. The first-order valence-electron chi connectivity index (χ1n) is 9.35. The highest BCUT2D eigenvalue weighted by molar-refractivity contribution is 5.94. The van der Waals surface area contributed by atoms with Crippen LogP contribution < -0.4 is 0 Å². The van der Waals surface area contributed by atoms with Crippen LogP contribution in [-0.2, 0) is 17.6 Å². The molecule has 0 radical (unpaired) electrons. The van der Waals surface area contributed by atoms with Crippen molar-refractivity contribution in [3.63, 3.8) is 0 Å². The third-order valence-corrected chi connectivity index (χ3v) is 5.59. The van der Waals surface area contributed by atoms with Gasteiger partial charge in [-0.05, 0) is 50.7 Å². The molecule has 6 nitrogen and oxygen atoms in total. The molecule has 1 N–H and O–H groups in total. The maximum atomic E-state index is 14.5. The van der Waals surface area contributed by atoms with Crippen molar-refractivity contribution in [2.45, 2.75) is 39.0 Å². The largest absolute Gasteiger partial charge is 0.481 e. The summed E-state index contributed by atoms with van der Waals surface area (Å²) in [5.74, 6) is -2.01. The Morgan fingerprint density at radius 1 is 1.26 bits per heavy atom. The monoisotopic (exact) mass is 371 g/mol. The van der Waals surface area contributed by atoms with Gasteiger partial charge in [-0.1, -0.05) is 12.1 Å². The number of aliphatic carboxylic acids is 1. The third kappa shape index (κ3) is 3.01. The van der Waals surface area contributed by atoms with E-state index in [-0.39, 0.29) is 18.3 Å². The summed E-state index contributed by atoms with van der Waals surface area (Å²) < 4.78 is 16.1. The lowest BCUT2D eigenvalue weighted by atomic mass is 9.98. The maximum Gasteiger partial charge on any atom is 0.308 e. The fraction of sp³-hybridized carbons (Fsp3) is 0.450. The number of fused-ring (bicyclic) bond motifs is 1. The summed E-state index contributed by atoms with van der Waals surface area (Å²) >= 11 is 0. The normalized spacial score (nSPS) is 19.2. The van der Waals surface area contributed by atoms with E-state index in [0.29, 0.717) is 30.8 Å². The molecule has 2 heterocycles. The fourth-order valence-corrected chi connectivity index (χ4v) is 4.20. The van der Waals surface area contributed by atoms with E-state index in [0.717, 1.165) is 36.1 Å². The third-order valence-electron chi connectivity index (χ3n) is 5.59. The molecule has 1 aliphatic carbocycles. The molecule has 1 fully saturated rings. The number of halogens is 1. The van der Waals surface area contributed by atoms with Gasteiger partial charge < -0.3 is 10.0 Å². The predicted molar refractivity (Wildman–Crippen MR) is 96.5 cm³/mol. The first-order valence-corrected chi connectivity index (χ1v) is 9.35. The minimum atomic E-state index is -0.870. The van der Waals surface area contributed by atoms with E-state index < -0.39 is 11.9 Å². The van der Waals surface area contributed by atoms with Crippen LogP contribution in [0.4, 0.5) is 4.39 Å². The first kappa shape index (κ1) is 17.7. The second kappa shape index (κ2) is 6.79. The topological polar surface area (TPSA) is 75.4 Å². The van der Waals surface area contributed by atoms with Crippen molar-refractivity contribution >= 4 is 11.9 Å². The quantitative estimate of drug-likeness (QED) is 0.900. The molecule has 1 amide bonds. The number of para-hydroxylation sites is 1. The molecule has 2 aromatic rings. The van der Waals surface area contributed by atoms with Crippen LogP contribution in [0.25, 0.3) is 5.69 Å². The lowest BCUT2D eigenvalue weighted by molar-refractivity contribution is -0.143. The van der Waals surface area contributed by atoms with Gasteiger partial charge in [0.2, 0.25) is 0 Å². The molecule has 0 bridgehead atoms. The first-order chi connectivity index (χ1) is 13.0. The van der Waals surface area contributed by atoms with E-state index in [1.165, 1.54) is 6.07 Å². The highest BCUT2D eigenvalue weighted by Crippen LogP contribution is 2.31. The second-order valence-electron chi connectivity index (χ2n) is 7.37. The van der Waals surface area contributed by atoms with Gasteiger partial charge in [0.05, 0.1) is 5.92 Å². The number of hydrogen-bond acceptors (Lipinski definition) is 3. The van der Waals surface area contributed by atoms with Crippen molar-refractivity contribution < 1.29 is 19.1 Å². The molecule has 0 saturated carbocycles. The van der Waals surface area contributed by atoms with Gasteiger partial charge in [-0.15, -0.1) is 0 Å². The molecule has 1 atom stereocenters. The van der Waals surface area contributed by atoms with Crippen molar-refractivity contribution in [1.29, 1.82) is 0 Å². The van der Waals surface area contributed by atoms with Gasteiger partial charge in [-0.25, -0.2) is 9.07 Å². The van der Waals surface area contributed by atoms with Crippen molar-refractivity contribution in [2.75, 3.05) is 13.1 Å². The van der Waals surface area contributed by atoms with E-state index in [4.69, 9.17) is 0 Å². The Hall–Kier alpha value is -2.70. The summed E-state index contributed by atoms with van der Waals surface area (Å²) in [7, 11) is 0. The van der Waals surface area contributed by atoms with Crippen LogP contribution >= 0.6 is 0 Å². The fourth-order valence-electron chi connectivity index (χ4n) is 4.20. The minimum Gasteiger partial charge on any atom is -0.481 e. The number of hydrogen-bond donors (Lipinski definition) is 1. The maximum absolute atomic E-state index is 14.5. The molecule has 142 valence electrons. The van der Waals surface area contributed by atoms with Crippen LogP contribution in [0.5, 0.6) is 0 Å². The Kier molecular flexibility index (Phi) is 4.45. The van der Waals surface area contributed by atoms with Gasteiger partial charge in [0.25, 0.3) is 5.91 Å². The highest BCUT2D eigenvalue weighted by atomic mass is 19.1. The van der Waals surface area contributed by atoms with Crippen LogP contribution in [0, 0.1) is 18.7 Å². The highest BCUT2D eigenvalue weighted by Gasteiger charge is 2.34. The smallest absolute Gasteiger partial charge is 0.308 e. The summed E-state index contributed by atoms with van der Waals surface area (Å²) in [5.41, 5.74) is 3.25. The zero-order valence-electron chi connectivity index (χ0n) is 15.2. The molecule has 1 saturated heterocycles. The van der Waals surface area contributed by atoms with Crippen molar-refractivity contribution in [1.82, 2.24) is 14.7 Å². The van der Waals surface area contributed by atoms with E-state index in [1.54, 1.807) is 15.6 Å². The van der Waals surface area contributed by atoms with E-state index in [1.807, 2.05) is 13.0 Å². The summed E-state index contributed by atoms with van der Waals surface area (Å²) in [4.78, 5) is 26.0. The van der Waals surface area contributed by atoms with Gasteiger partial charge >= 0.3 is 5.97 Å². The van der Waals surface area contributed by atoms with E-state index >= 15 is 0 Å². The molecule has 7 heteroatoms. The van der Waals surface area contributed by atoms with Crippen molar-refractivity contribution in [3.05, 3.63) is 46.5 Å². The van der Waals surface area contributed by atoms with Gasteiger partial charge in [0, 0.05) is 24.3 Å². The number of piperidine rings is 1. The summed E-state index contributed by atoms with van der Waals surface area (Å²) in [5, 5.41) is 13.8. The summed E-state index contributed by atoms with van der Waals surface area (Å²) in [6.07, 6.45) is 3.64. The van der Waals surface area contributed by atoms with Gasteiger partial charge in [0.15, 0.2) is 5.69 Å². The van der Waals surface area contributed by atoms with Gasteiger partial charge in [-0.2, -0.15) is 5.10 Å². The Balaban J connectivity index is 1.73. The van der Waals surface area contributed by atoms with Crippen LogP contribution in [0.2, 0.25) is 0 Å². The zero-order valence-corrected chi connectivity index (χ0v) is 15.2. The molecular weight excluding hydrogens is 349 g/mol. The molecule has 1 aromatic carbocycles. The van der Waals surface area contributed by atoms with Crippen molar-refractivity contribution in [2.24, 2.45) is 5.92 Å². The average molecular weight is 371 g/mol. The van der Waals surface area contributed by atoms with Crippen LogP contribution in [-0.4, -0.2) is 44.8 Å². The molecule has 1 aliphatic heterocycles. The van der Waals surface area contributed by atoms with Crippen LogP contribution in [0.3, 0.4) is 0 Å². The molecule has 1 unspecified atom stereocenters. The zero-order chi connectivity index (χ0) is 19.1. The number of likely N-dealkylation sites (tertiary alicyclic amines) is 1. The van der Waals surface area contributed by atoms with E-state index in [9.17, 15) is 19.1 Å². The second-order valence-corrected chi connectivity index (χ2v) is 7.37. The number of aryl methyl sites for hydroxylation is 1. The number of carbonyl (C=O) groups is 2. The summed E-state index contributed by atoms with van der Waals surface area (Å²) in [6.45, 7) is 2.56. The number of carboxylic acids is 1. The van der Waals surface area contributed by atoms with Gasteiger partial charge in [0.1, 0.15) is 11.5 Å². The molecule has 4 rings (SSSR count). The standard InChI is InChI=1S/C20H22FN3O3/c1-12-5-2-8-15(21)18(12)24-16-9-3-7-14(16)17(22-24)19(25)23-10-4-6-13(11-23)20(26)27/h2,5,8,13H,3-4,6-7,9-11H2,1H3,(H,26,27). The number of aromatic nitrogens is 2. The lowest BCUT2D eigenvalue weighted by Crippen LogP contribution is -2.42. The van der Waals surface area contributed by atoms with E-state index in [2.05, 4.69) is 5.10 Å². The van der Waals surface area contributed by atoms with Crippen LogP contribution in [0.15, 0.2) is 18.2 Å². The minimum absolute atomic E-state index is 0.203. The summed E-state index contributed by atoms with van der Waals surface area (Å²) in [6, 6.07) is 4.88. The number of carboxylic acid groups (broad SMARTS) is 1. The molecule has 2 aliphatic rings. The Morgan fingerprint density at radius 3 is 2.81 bits per heavy atom. The SMILES string of the molecule is Cc1cccc(F)c1-n1nc(C(=O)N2CCCC(C(=O)O)C2)c2c1CCC2. The average Bonchev–Trinajstić information content (AvgIpc) is 3.25. The number of benzene rings is 1. The molecule has 1 aromatic heterocycles. The van der Waals surface area contributed by atoms with Gasteiger partial charge in [-0.3, -0.25) is 9.59 Å². The number of carbonyl (C=O) groups excluding carboxylic acids is 1. The Morgan fingerprint density at radius 2 is 2.07 bits per heavy atom. The Labute approximate surface area is 156 Å². The molecule has 27 heavy (non-hydrogen) atoms. The number of nitrogens with zero attached hydrogens (tertiary/aromatic N) is 3. The van der Waals surface area contributed by atoms with Crippen LogP contribution in [0.1, 0.15) is 46.6 Å². The van der Waals surface area contributed by atoms with Crippen molar-refractivity contribution in [3.8, 4) is 5.69 Å². The Bertz CT molecular complexity index is 901. The molecular formula is C20H22FN3O3.